The van der Waals surface area contributed by atoms with Crippen molar-refractivity contribution >= 4 is 17.0 Å². The van der Waals surface area contributed by atoms with Gasteiger partial charge in [0.1, 0.15) is 0 Å². The molecule has 1 heterocycles. The van der Waals surface area contributed by atoms with E-state index >= 15 is 0 Å². The van der Waals surface area contributed by atoms with E-state index < -0.39 is 5.60 Å². The van der Waals surface area contributed by atoms with Crippen LogP contribution in [0.4, 0.5) is 0 Å². The molecular formula is C20H25NO2. The molecule has 122 valence electrons. The predicted octanol–water partition coefficient (Wildman–Crippen LogP) is 4.05. The number of fused-ring (bicyclic) bond motifs is 1. The minimum absolute atomic E-state index is 0.00235. The summed E-state index contributed by atoms with van der Waals surface area (Å²) in [5.74, 6) is 0. The molecule has 3 heteroatoms. The van der Waals surface area contributed by atoms with Crippen LogP contribution in [-0.2, 0) is 7.05 Å². The number of benzene rings is 1. The van der Waals surface area contributed by atoms with E-state index in [-0.39, 0.29) is 5.43 Å². The van der Waals surface area contributed by atoms with Gasteiger partial charge >= 0.3 is 0 Å². The van der Waals surface area contributed by atoms with Gasteiger partial charge in [0.05, 0.1) is 11.1 Å². The molecule has 0 saturated carbocycles. The summed E-state index contributed by atoms with van der Waals surface area (Å²) < 4.78 is 1.97. The molecular weight excluding hydrogens is 286 g/mol. The molecule has 0 aliphatic heterocycles. The van der Waals surface area contributed by atoms with Crippen LogP contribution in [0.25, 0.3) is 17.0 Å². The average molecular weight is 311 g/mol. The number of allylic oxidation sites excluding steroid dienone is 2. The van der Waals surface area contributed by atoms with Gasteiger partial charge in [-0.15, -0.1) is 0 Å². The normalized spacial score (nSPS) is 14.1. The first-order valence-electron chi connectivity index (χ1n) is 7.94. The minimum atomic E-state index is -0.895. The summed E-state index contributed by atoms with van der Waals surface area (Å²) >= 11 is 0. The van der Waals surface area contributed by atoms with Crippen LogP contribution in [-0.4, -0.2) is 15.3 Å². The molecule has 0 bridgehead atoms. The van der Waals surface area contributed by atoms with Crippen molar-refractivity contribution in [3.63, 3.8) is 0 Å². The molecule has 0 spiro atoms. The van der Waals surface area contributed by atoms with Crippen molar-refractivity contribution in [1.29, 1.82) is 0 Å². The van der Waals surface area contributed by atoms with Crippen molar-refractivity contribution in [2.45, 2.75) is 39.2 Å². The van der Waals surface area contributed by atoms with Crippen LogP contribution in [0.5, 0.6) is 0 Å². The summed E-state index contributed by atoms with van der Waals surface area (Å²) in [5.41, 5.74) is 2.04. The number of rotatable bonds is 5. The summed E-state index contributed by atoms with van der Waals surface area (Å²) in [6, 6.07) is 9.17. The Kier molecular flexibility index (Phi) is 5.22. The Morgan fingerprint density at radius 1 is 1.30 bits per heavy atom. The van der Waals surface area contributed by atoms with Crippen molar-refractivity contribution in [2.75, 3.05) is 0 Å². The van der Waals surface area contributed by atoms with E-state index in [4.69, 9.17) is 0 Å². The lowest BCUT2D eigenvalue weighted by molar-refractivity contribution is 0.104. The molecule has 1 aromatic carbocycles. The van der Waals surface area contributed by atoms with Crippen molar-refractivity contribution in [1.82, 2.24) is 4.57 Å². The Bertz CT molecular complexity index is 806. The molecule has 0 radical (unpaired) electrons. The number of nitrogens with zero attached hydrogens (tertiary/aromatic N) is 1. The number of hydrogen-bond acceptors (Lipinski definition) is 2. The van der Waals surface area contributed by atoms with E-state index in [9.17, 15) is 9.90 Å². The van der Waals surface area contributed by atoms with Gasteiger partial charge in [0.25, 0.3) is 0 Å². The maximum atomic E-state index is 12.2. The molecule has 1 aromatic heterocycles. The van der Waals surface area contributed by atoms with Gasteiger partial charge in [-0.05, 0) is 51.8 Å². The van der Waals surface area contributed by atoms with Crippen LogP contribution in [0.2, 0.25) is 0 Å². The molecule has 3 nitrogen and oxygen atoms in total. The average Bonchev–Trinajstić information content (AvgIpc) is 2.49. The molecule has 1 N–H and O–H groups in total. The lowest BCUT2D eigenvalue weighted by atomic mass is 9.98. The van der Waals surface area contributed by atoms with Crippen LogP contribution >= 0.6 is 0 Å². The summed E-state index contributed by atoms with van der Waals surface area (Å²) in [6.45, 7) is 5.90. The topological polar surface area (TPSA) is 42.2 Å². The van der Waals surface area contributed by atoms with E-state index in [1.54, 1.807) is 19.1 Å². The molecule has 2 aromatic rings. The zero-order valence-corrected chi connectivity index (χ0v) is 14.3. The second-order valence-corrected chi connectivity index (χ2v) is 6.52. The van der Waals surface area contributed by atoms with Gasteiger partial charge in [-0.3, -0.25) is 4.79 Å². The highest BCUT2D eigenvalue weighted by molar-refractivity contribution is 5.80. The first-order chi connectivity index (χ1) is 10.8. The van der Waals surface area contributed by atoms with Gasteiger partial charge in [0.15, 0.2) is 5.43 Å². The summed E-state index contributed by atoms with van der Waals surface area (Å²) in [7, 11) is 1.93. The van der Waals surface area contributed by atoms with Crippen LogP contribution in [0, 0.1) is 0 Å². The Balaban J connectivity index is 2.29. The fraction of sp³-hybridized carbons (Fsp3) is 0.350. The second kappa shape index (κ2) is 6.97. The first-order valence-corrected chi connectivity index (χ1v) is 7.94. The van der Waals surface area contributed by atoms with Crippen LogP contribution < -0.4 is 5.43 Å². The third-order valence-electron chi connectivity index (χ3n) is 4.01. The van der Waals surface area contributed by atoms with E-state index in [1.165, 1.54) is 5.57 Å². The number of aromatic nitrogens is 1. The highest BCUT2D eigenvalue weighted by Gasteiger charge is 2.15. The molecule has 23 heavy (non-hydrogen) atoms. The lowest BCUT2D eigenvalue weighted by Gasteiger charge is -2.18. The summed E-state index contributed by atoms with van der Waals surface area (Å²) in [5, 5.41) is 11.2. The molecule has 0 amide bonds. The SMILES string of the molecule is CC(C)=CCC[C@](C)(O)/C=C/c1cc(=O)c2ccccc2n1C. The Morgan fingerprint density at radius 2 is 2.00 bits per heavy atom. The standard InChI is InChI=1S/C20H25NO2/c1-15(2)8-7-12-20(3,23)13-11-16-14-19(22)17-9-5-6-10-18(17)21(16)4/h5-6,8-11,13-14,23H,7,12H2,1-4H3/b13-11+/t20-/m0/s1. The fourth-order valence-corrected chi connectivity index (χ4v) is 2.58. The first kappa shape index (κ1) is 17.2. The smallest absolute Gasteiger partial charge is 0.190 e. The summed E-state index contributed by atoms with van der Waals surface area (Å²) in [6.07, 6.45) is 7.20. The van der Waals surface area contributed by atoms with Gasteiger partial charge in [-0.25, -0.2) is 0 Å². The fourth-order valence-electron chi connectivity index (χ4n) is 2.58. The van der Waals surface area contributed by atoms with E-state index in [2.05, 4.69) is 19.9 Å². The summed E-state index contributed by atoms with van der Waals surface area (Å²) in [4.78, 5) is 12.2. The third-order valence-corrected chi connectivity index (χ3v) is 4.01. The van der Waals surface area contributed by atoms with E-state index in [1.807, 2.05) is 42.0 Å². The number of pyridine rings is 1. The van der Waals surface area contributed by atoms with Crippen LogP contribution in [0.1, 0.15) is 39.3 Å². The van der Waals surface area contributed by atoms with Crippen molar-refractivity contribution < 1.29 is 5.11 Å². The second-order valence-electron chi connectivity index (χ2n) is 6.52. The molecule has 0 aliphatic carbocycles. The Hall–Kier alpha value is -2.13. The quantitative estimate of drug-likeness (QED) is 0.847. The molecule has 2 rings (SSSR count). The zero-order valence-electron chi connectivity index (χ0n) is 14.3. The maximum Gasteiger partial charge on any atom is 0.190 e. The van der Waals surface area contributed by atoms with Gasteiger partial charge in [0, 0.05) is 24.2 Å². The van der Waals surface area contributed by atoms with Crippen molar-refractivity contribution in [3.05, 3.63) is 64.0 Å². The number of aryl methyl sites for hydroxylation is 1. The Morgan fingerprint density at radius 3 is 2.70 bits per heavy atom. The number of aliphatic hydroxyl groups is 1. The van der Waals surface area contributed by atoms with Crippen molar-refractivity contribution in [3.8, 4) is 0 Å². The minimum Gasteiger partial charge on any atom is -0.386 e. The maximum absolute atomic E-state index is 12.2. The zero-order chi connectivity index (χ0) is 17.0. The predicted molar refractivity (Wildman–Crippen MR) is 97.5 cm³/mol. The molecule has 0 aliphatic rings. The van der Waals surface area contributed by atoms with Crippen molar-refractivity contribution in [2.24, 2.45) is 7.05 Å². The van der Waals surface area contributed by atoms with Gasteiger partial charge < -0.3 is 9.67 Å². The van der Waals surface area contributed by atoms with Gasteiger partial charge in [-0.1, -0.05) is 29.9 Å². The highest BCUT2D eigenvalue weighted by atomic mass is 16.3. The molecule has 0 unspecified atom stereocenters. The monoisotopic (exact) mass is 311 g/mol. The number of para-hydroxylation sites is 1. The van der Waals surface area contributed by atoms with Crippen LogP contribution in [0.3, 0.4) is 0 Å². The Labute approximate surface area is 137 Å². The highest BCUT2D eigenvalue weighted by Crippen LogP contribution is 2.18. The van der Waals surface area contributed by atoms with E-state index in [0.717, 1.165) is 17.6 Å². The largest absolute Gasteiger partial charge is 0.386 e. The molecule has 0 fully saturated rings. The number of hydrogen-bond donors (Lipinski definition) is 1. The lowest BCUT2D eigenvalue weighted by Crippen LogP contribution is -2.20. The van der Waals surface area contributed by atoms with Crippen LogP contribution in [0.15, 0.2) is 52.9 Å². The molecule has 1 atom stereocenters. The molecule has 0 saturated heterocycles. The van der Waals surface area contributed by atoms with Gasteiger partial charge in [-0.2, -0.15) is 0 Å². The van der Waals surface area contributed by atoms with E-state index in [0.29, 0.717) is 11.8 Å². The van der Waals surface area contributed by atoms with Gasteiger partial charge in [0.2, 0.25) is 0 Å². The third kappa shape index (κ3) is 4.42.